The van der Waals surface area contributed by atoms with E-state index in [1.54, 1.807) is 0 Å². The van der Waals surface area contributed by atoms with E-state index < -0.39 is 19.2 Å². The molecule has 0 aromatic rings. The summed E-state index contributed by atoms with van der Waals surface area (Å²) in [4.78, 5) is 11.3. The molecule has 0 bridgehead atoms. The molecular formula is C12H23F2O5P. The van der Waals surface area contributed by atoms with Crippen LogP contribution in [0.25, 0.3) is 0 Å². The molecule has 8 heteroatoms. The maximum Gasteiger partial charge on any atom is 0.440 e. The normalized spacial score (nSPS) is 12.4. The van der Waals surface area contributed by atoms with Gasteiger partial charge in [0.15, 0.2) is 0 Å². The van der Waals surface area contributed by atoms with Crippen molar-refractivity contribution in [2.45, 2.75) is 52.1 Å². The van der Waals surface area contributed by atoms with Crippen molar-refractivity contribution in [1.29, 1.82) is 0 Å². The van der Waals surface area contributed by atoms with Crippen LogP contribution in [0.5, 0.6) is 0 Å². The van der Waals surface area contributed by atoms with E-state index in [9.17, 15) is 18.1 Å². The van der Waals surface area contributed by atoms with Crippen LogP contribution in [-0.2, 0) is 23.1 Å². The average molecular weight is 316 g/mol. The van der Waals surface area contributed by atoms with E-state index in [0.717, 1.165) is 0 Å². The predicted molar refractivity (Wildman–Crippen MR) is 70.9 cm³/mol. The number of unbranched alkanes of at least 4 members (excludes halogenated alkanes) is 2. The van der Waals surface area contributed by atoms with Crippen molar-refractivity contribution in [2.75, 3.05) is 19.8 Å². The summed E-state index contributed by atoms with van der Waals surface area (Å²) in [6, 6.07) is 0. The topological polar surface area (TPSA) is 61.8 Å². The Morgan fingerprint density at radius 1 is 1.05 bits per heavy atom. The molecule has 0 heterocycles. The summed E-state index contributed by atoms with van der Waals surface area (Å²) in [6.07, 6.45) is 2.25. The third-order valence-corrected chi connectivity index (χ3v) is 4.30. The van der Waals surface area contributed by atoms with Crippen molar-refractivity contribution in [1.82, 2.24) is 0 Å². The first-order valence-electron chi connectivity index (χ1n) is 6.79. The molecule has 120 valence electrons. The van der Waals surface area contributed by atoms with Crippen molar-refractivity contribution in [2.24, 2.45) is 0 Å². The number of ether oxygens (including phenoxy) is 1. The molecule has 0 spiro atoms. The zero-order valence-corrected chi connectivity index (χ0v) is 13.1. The third kappa shape index (κ3) is 5.46. The summed E-state index contributed by atoms with van der Waals surface area (Å²) in [5.74, 6) is -1.88. The zero-order chi connectivity index (χ0) is 15.6. The molecule has 20 heavy (non-hydrogen) atoms. The second-order valence-electron chi connectivity index (χ2n) is 4.13. The van der Waals surface area contributed by atoms with Crippen LogP contribution in [0.15, 0.2) is 0 Å². The number of carbonyl (C=O) groups excluding carboxylic acids is 1. The van der Waals surface area contributed by atoms with Gasteiger partial charge in [-0.15, -0.1) is 0 Å². The minimum Gasteiger partial charge on any atom is -0.461 e. The standard InChI is InChI=1S/C12H23F2O5P/c1-4-7-9-18-20(16,19-10-8-5-2)12(13,14)11(15)17-6-3/h4-10H2,1-3H3. The Labute approximate surface area is 118 Å². The maximum atomic E-state index is 13.9. The maximum absolute atomic E-state index is 13.9. The van der Waals surface area contributed by atoms with Crippen LogP contribution in [0.3, 0.4) is 0 Å². The van der Waals surface area contributed by atoms with Gasteiger partial charge in [0.1, 0.15) is 0 Å². The SMILES string of the molecule is CCCCOP(=O)(OCCCC)C(F)(F)C(=O)OCC. The van der Waals surface area contributed by atoms with E-state index in [4.69, 9.17) is 9.05 Å². The summed E-state index contributed by atoms with van der Waals surface area (Å²) in [5, 5.41) is 0. The Balaban J connectivity index is 4.96. The van der Waals surface area contributed by atoms with Crippen molar-refractivity contribution in [3.8, 4) is 0 Å². The molecule has 0 aromatic heterocycles. The van der Waals surface area contributed by atoms with E-state index in [2.05, 4.69) is 4.74 Å². The van der Waals surface area contributed by atoms with Crippen molar-refractivity contribution in [3.05, 3.63) is 0 Å². The molecule has 0 amide bonds. The van der Waals surface area contributed by atoms with Gasteiger partial charge in [0.05, 0.1) is 19.8 Å². The van der Waals surface area contributed by atoms with E-state index in [-0.39, 0.29) is 19.8 Å². The van der Waals surface area contributed by atoms with Gasteiger partial charge in [-0.05, 0) is 19.8 Å². The van der Waals surface area contributed by atoms with Crippen LogP contribution in [0.2, 0.25) is 0 Å². The first kappa shape index (κ1) is 19.5. The zero-order valence-electron chi connectivity index (χ0n) is 12.2. The lowest BCUT2D eigenvalue weighted by Gasteiger charge is -2.24. The Hall–Kier alpha value is -0.520. The van der Waals surface area contributed by atoms with Crippen molar-refractivity contribution >= 4 is 13.6 Å². The Kier molecular flexibility index (Phi) is 9.18. The van der Waals surface area contributed by atoms with Gasteiger partial charge in [-0.25, -0.2) is 4.79 Å². The minimum atomic E-state index is -4.88. The fourth-order valence-electron chi connectivity index (χ4n) is 1.19. The highest BCUT2D eigenvalue weighted by Gasteiger charge is 2.61. The molecule has 0 radical (unpaired) electrons. The number of halogens is 2. The predicted octanol–water partition coefficient (Wildman–Crippen LogP) is 3.97. The van der Waals surface area contributed by atoms with Crippen LogP contribution in [-0.4, -0.2) is 31.5 Å². The van der Waals surface area contributed by atoms with Crippen LogP contribution >= 0.6 is 7.60 Å². The van der Waals surface area contributed by atoms with E-state index in [0.29, 0.717) is 25.7 Å². The summed E-state index contributed by atoms with van der Waals surface area (Å²) in [5.41, 5.74) is -4.29. The number of esters is 1. The monoisotopic (exact) mass is 316 g/mol. The highest BCUT2D eigenvalue weighted by atomic mass is 31.2. The van der Waals surface area contributed by atoms with Crippen LogP contribution in [0.1, 0.15) is 46.5 Å². The van der Waals surface area contributed by atoms with Crippen LogP contribution in [0.4, 0.5) is 8.78 Å². The van der Waals surface area contributed by atoms with Gasteiger partial charge in [-0.3, -0.25) is 4.57 Å². The van der Waals surface area contributed by atoms with Crippen molar-refractivity contribution in [3.63, 3.8) is 0 Å². The molecule has 0 aliphatic carbocycles. The Morgan fingerprint density at radius 2 is 1.50 bits per heavy atom. The van der Waals surface area contributed by atoms with Gasteiger partial charge in [-0.1, -0.05) is 26.7 Å². The molecular weight excluding hydrogens is 293 g/mol. The van der Waals surface area contributed by atoms with Gasteiger partial charge in [0, 0.05) is 0 Å². The highest BCUT2D eigenvalue weighted by Crippen LogP contribution is 2.62. The summed E-state index contributed by atoms with van der Waals surface area (Å²) in [7, 11) is -4.88. The molecule has 0 aliphatic rings. The van der Waals surface area contributed by atoms with Gasteiger partial charge >= 0.3 is 19.2 Å². The molecule has 0 saturated carbocycles. The van der Waals surface area contributed by atoms with Gasteiger partial charge in [0.2, 0.25) is 0 Å². The molecule has 0 unspecified atom stereocenters. The largest absolute Gasteiger partial charge is 0.461 e. The molecule has 0 fully saturated rings. The van der Waals surface area contributed by atoms with E-state index in [1.165, 1.54) is 6.92 Å². The first-order valence-corrected chi connectivity index (χ1v) is 8.34. The molecule has 0 N–H and O–H groups in total. The number of hydrogen-bond donors (Lipinski definition) is 0. The number of hydrogen-bond acceptors (Lipinski definition) is 5. The quantitative estimate of drug-likeness (QED) is 0.328. The summed E-state index contributed by atoms with van der Waals surface area (Å²) < 4.78 is 53.8. The number of carbonyl (C=O) groups is 1. The van der Waals surface area contributed by atoms with E-state index >= 15 is 0 Å². The lowest BCUT2D eigenvalue weighted by Crippen LogP contribution is -2.32. The second kappa shape index (κ2) is 9.42. The molecule has 0 saturated heterocycles. The third-order valence-electron chi connectivity index (χ3n) is 2.38. The van der Waals surface area contributed by atoms with Gasteiger partial charge < -0.3 is 13.8 Å². The number of rotatable bonds is 11. The fraction of sp³-hybridized carbons (Fsp3) is 0.917. The van der Waals surface area contributed by atoms with Crippen molar-refractivity contribution < 1.29 is 31.9 Å². The molecule has 5 nitrogen and oxygen atoms in total. The number of alkyl halides is 2. The second-order valence-corrected chi connectivity index (χ2v) is 6.21. The first-order chi connectivity index (χ1) is 9.35. The molecule has 0 atom stereocenters. The van der Waals surface area contributed by atoms with Crippen LogP contribution < -0.4 is 0 Å². The highest BCUT2D eigenvalue weighted by molar-refractivity contribution is 7.56. The average Bonchev–Trinajstić information content (AvgIpc) is 2.39. The Morgan fingerprint density at radius 3 is 1.85 bits per heavy atom. The lowest BCUT2D eigenvalue weighted by molar-refractivity contribution is -0.162. The molecule has 0 rings (SSSR count). The summed E-state index contributed by atoms with van der Waals surface area (Å²) >= 11 is 0. The smallest absolute Gasteiger partial charge is 0.440 e. The minimum absolute atomic E-state index is 0.158. The van der Waals surface area contributed by atoms with E-state index in [1.807, 2.05) is 13.8 Å². The lowest BCUT2D eigenvalue weighted by atomic mass is 10.4. The van der Waals surface area contributed by atoms with Gasteiger partial charge in [0.25, 0.3) is 0 Å². The molecule has 0 aromatic carbocycles. The fourth-order valence-corrected chi connectivity index (χ4v) is 2.61. The molecule has 0 aliphatic heterocycles. The Bertz CT molecular complexity index is 322. The van der Waals surface area contributed by atoms with Gasteiger partial charge in [-0.2, -0.15) is 8.78 Å². The summed E-state index contributed by atoms with van der Waals surface area (Å²) in [6.45, 7) is 4.49. The van der Waals surface area contributed by atoms with Crippen LogP contribution in [0, 0.1) is 0 Å².